The minimum Gasteiger partial charge on any atom is -0.393 e. The Morgan fingerprint density at radius 2 is 1.85 bits per heavy atom. The number of anilines is 1. The predicted molar refractivity (Wildman–Crippen MR) is 136 cm³/mol. The van der Waals surface area contributed by atoms with Crippen LogP contribution in [0, 0.1) is 0 Å². The zero-order chi connectivity index (χ0) is 23.2. The first kappa shape index (κ1) is 23.7. The number of nitrogens with one attached hydrogen (secondary N) is 2. The molecule has 1 aromatic carbocycles. The van der Waals surface area contributed by atoms with E-state index in [1.807, 2.05) is 6.20 Å². The number of aromatic nitrogens is 3. The van der Waals surface area contributed by atoms with E-state index in [0.717, 1.165) is 69.1 Å². The normalized spacial score (nSPS) is 19.6. The van der Waals surface area contributed by atoms with E-state index < -0.39 is 0 Å². The molecular formula is C27H39N5O. The number of rotatable bonds is 10. The second kappa shape index (κ2) is 11.1. The molecule has 0 spiro atoms. The van der Waals surface area contributed by atoms with Crippen molar-refractivity contribution in [2.24, 2.45) is 0 Å². The molecule has 4 rings (SSSR count). The number of fused-ring (bicyclic) bond motifs is 1. The summed E-state index contributed by atoms with van der Waals surface area (Å²) in [6.07, 6.45) is 11.1. The van der Waals surface area contributed by atoms with Crippen LogP contribution in [-0.4, -0.2) is 38.3 Å². The predicted octanol–water partition coefficient (Wildman–Crippen LogP) is 5.67. The summed E-state index contributed by atoms with van der Waals surface area (Å²) in [5.41, 5.74) is 4.65. The van der Waals surface area contributed by atoms with Crippen molar-refractivity contribution >= 4 is 17.0 Å². The second-order valence-electron chi connectivity index (χ2n) is 9.55. The van der Waals surface area contributed by atoms with E-state index in [1.54, 1.807) is 0 Å². The lowest BCUT2D eigenvalue weighted by atomic mass is 9.93. The monoisotopic (exact) mass is 449 g/mol. The number of aliphatic hydroxyl groups excluding tert-OH is 1. The molecule has 0 aliphatic heterocycles. The summed E-state index contributed by atoms with van der Waals surface area (Å²) in [5.74, 6) is 0.697. The van der Waals surface area contributed by atoms with Crippen LogP contribution in [-0.2, 0) is 6.54 Å². The van der Waals surface area contributed by atoms with Crippen LogP contribution < -0.4 is 10.6 Å². The fourth-order valence-electron chi connectivity index (χ4n) is 4.88. The molecule has 2 heterocycles. The van der Waals surface area contributed by atoms with Crippen molar-refractivity contribution in [1.82, 2.24) is 19.9 Å². The van der Waals surface area contributed by atoms with Crippen molar-refractivity contribution in [3.63, 3.8) is 0 Å². The molecule has 0 amide bonds. The maximum atomic E-state index is 10.0. The molecule has 1 aliphatic rings. The van der Waals surface area contributed by atoms with Gasteiger partial charge >= 0.3 is 0 Å². The number of aliphatic hydroxyl groups is 1. The summed E-state index contributed by atoms with van der Waals surface area (Å²) in [7, 11) is 0. The molecule has 1 fully saturated rings. The Morgan fingerprint density at radius 1 is 1.09 bits per heavy atom. The van der Waals surface area contributed by atoms with Crippen molar-refractivity contribution in [2.45, 2.75) is 90.4 Å². The van der Waals surface area contributed by atoms with Gasteiger partial charge in [-0.15, -0.1) is 0 Å². The Hall–Kier alpha value is -2.44. The smallest absolute Gasteiger partial charge is 0.224 e. The molecule has 6 heteroatoms. The van der Waals surface area contributed by atoms with Crippen LogP contribution in [0.4, 0.5) is 5.95 Å². The fourth-order valence-corrected chi connectivity index (χ4v) is 4.88. The third-order valence-corrected chi connectivity index (χ3v) is 6.75. The van der Waals surface area contributed by atoms with E-state index in [9.17, 15) is 5.11 Å². The van der Waals surface area contributed by atoms with Gasteiger partial charge in [0.25, 0.3) is 0 Å². The summed E-state index contributed by atoms with van der Waals surface area (Å²) >= 11 is 0. The van der Waals surface area contributed by atoms with E-state index in [0.29, 0.717) is 18.0 Å². The van der Waals surface area contributed by atoms with Gasteiger partial charge in [-0.1, -0.05) is 44.5 Å². The van der Waals surface area contributed by atoms with Crippen molar-refractivity contribution < 1.29 is 5.11 Å². The SMILES string of the molecule is CCCNCc1ccc(-c2cn(C3CCC(O)CC3)c3nc(N[C@H](C)CCC)ncc23)cc1. The average Bonchev–Trinajstić information content (AvgIpc) is 3.19. The molecular weight excluding hydrogens is 410 g/mol. The lowest BCUT2D eigenvalue weighted by molar-refractivity contribution is 0.111. The fraction of sp³-hybridized carbons (Fsp3) is 0.556. The van der Waals surface area contributed by atoms with Gasteiger partial charge in [-0.2, -0.15) is 4.98 Å². The Bertz CT molecular complexity index is 1020. The highest BCUT2D eigenvalue weighted by atomic mass is 16.3. The first-order chi connectivity index (χ1) is 16.1. The topological polar surface area (TPSA) is 75.0 Å². The first-order valence-corrected chi connectivity index (χ1v) is 12.7. The van der Waals surface area contributed by atoms with Gasteiger partial charge in [0.2, 0.25) is 5.95 Å². The van der Waals surface area contributed by atoms with E-state index >= 15 is 0 Å². The van der Waals surface area contributed by atoms with Crippen LogP contribution in [0.25, 0.3) is 22.2 Å². The van der Waals surface area contributed by atoms with Crippen LogP contribution in [0.2, 0.25) is 0 Å². The van der Waals surface area contributed by atoms with Crippen LogP contribution in [0.5, 0.6) is 0 Å². The molecule has 1 atom stereocenters. The third kappa shape index (κ3) is 5.74. The first-order valence-electron chi connectivity index (χ1n) is 12.7. The molecule has 3 N–H and O–H groups in total. The van der Waals surface area contributed by atoms with E-state index in [-0.39, 0.29) is 6.10 Å². The van der Waals surface area contributed by atoms with Crippen molar-refractivity contribution in [3.05, 3.63) is 42.2 Å². The van der Waals surface area contributed by atoms with Crippen LogP contribution in [0.1, 0.15) is 77.3 Å². The van der Waals surface area contributed by atoms with E-state index in [4.69, 9.17) is 4.98 Å². The molecule has 0 radical (unpaired) electrons. The minimum atomic E-state index is -0.168. The zero-order valence-corrected chi connectivity index (χ0v) is 20.3. The lowest BCUT2D eigenvalue weighted by Gasteiger charge is -2.27. The van der Waals surface area contributed by atoms with Gasteiger partial charge in [0.1, 0.15) is 5.65 Å². The van der Waals surface area contributed by atoms with Gasteiger partial charge in [0, 0.05) is 42.0 Å². The van der Waals surface area contributed by atoms with Gasteiger partial charge in [0.05, 0.1) is 6.10 Å². The molecule has 178 valence electrons. The molecule has 2 aromatic heterocycles. The van der Waals surface area contributed by atoms with Gasteiger partial charge in [0.15, 0.2) is 0 Å². The van der Waals surface area contributed by atoms with E-state index in [1.165, 1.54) is 16.7 Å². The van der Waals surface area contributed by atoms with Crippen LogP contribution in [0.3, 0.4) is 0 Å². The Kier molecular flexibility index (Phi) is 7.99. The van der Waals surface area contributed by atoms with E-state index in [2.05, 4.69) is 71.4 Å². The summed E-state index contributed by atoms with van der Waals surface area (Å²) < 4.78 is 2.34. The maximum Gasteiger partial charge on any atom is 0.224 e. The van der Waals surface area contributed by atoms with Crippen LogP contribution >= 0.6 is 0 Å². The summed E-state index contributed by atoms with van der Waals surface area (Å²) in [6, 6.07) is 9.54. The number of nitrogens with zero attached hydrogens (tertiary/aromatic N) is 3. The maximum absolute atomic E-state index is 10.0. The minimum absolute atomic E-state index is 0.168. The van der Waals surface area contributed by atoms with Crippen molar-refractivity contribution in [1.29, 1.82) is 0 Å². The highest BCUT2D eigenvalue weighted by Crippen LogP contribution is 2.36. The Morgan fingerprint density at radius 3 is 2.55 bits per heavy atom. The highest BCUT2D eigenvalue weighted by molar-refractivity contribution is 5.94. The summed E-state index contributed by atoms with van der Waals surface area (Å²) in [4.78, 5) is 9.64. The zero-order valence-electron chi connectivity index (χ0n) is 20.3. The molecule has 1 saturated carbocycles. The molecule has 1 aliphatic carbocycles. The number of hydrogen-bond donors (Lipinski definition) is 3. The molecule has 0 saturated heterocycles. The standard InChI is InChI=1S/C27H39N5O/c1-4-6-19(3)30-27-29-17-24-25(21-9-7-20(8-10-21)16-28-15-5-2)18-32(26(24)31-27)22-11-13-23(33)14-12-22/h7-10,17-19,22-23,28,33H,4-6,11-16H2,1-3H3,(H,29,30,31)/t19-,22?,23?/m1/s1. The lowest BCUT2D eigenvalue weighted by Crippen LogP contribution is -2.21. The van der Waals surface area contributed by atoms with Crippen molar-refractivity contribution in [2.75, 3.05) is 11.9 Å². The molecule has 33 heavy (non-hydrogen) atoms. The molecule has 0 unspecified atom stereocenters. The Labute approximate surface area is 197 Å². The molecule has 0 bridgehead atoms. The summed E-state index contributed by atoms with van der Waals surface area (Å²) in [6.45, 7) is 8.50. The number of hydrogen-bond acceptors (Lipinski definition) is 5. The van der Waals surface area contributed by atoms with Gasteiger partial charge in [-0.25, -0.2) is 4.98 Å². The number of benzene rings is 1. The Balaban J connectivity index is 1.67. The van der Waals surface area contributed by atoms with Gasteiger partial charge < -0.3 is 20.3 Å². The van der Waals surface area contributed by atoms with Crippen molar-refractivity contribution in [3.8, 4) is 11.1 Å². The quantitative estimate of drug-likeness (QED) is 0.348. The van der Waals surface area contributed by atoms with Gasteiger partial charge in [-0.05, 0) is 63.1 Å². The average molecular weight is 450 g/mol. The second-order valence-corrected chi connectivity index (χ2v) is 9.55. The highest BCUT2D eigenvalue weighted by Gasteiger charge is 2.24. The molecule has 6 nitrogen and oxygen atoms in total. The molecule has 3 aromatic rings. The van der Waals surface area contributed by atoms with Gasteiger partial charge in [-0.3, -0.25) is 0 Å². The van der Waals surface area contributed by atoms with Crippen LogP contribution in [0.15, 0.2) is 36.7 Å². The largest absolute Gasteiger partial charge is 0.393 e. The summed E-state index contributed by atoms with van der Waals surface area (Å²) in [5, 5.41) is 18.0. The third-order valence-electron chi connectivity index (χ3n) is 6.75.